The SMILES string of the molecule is C[C@H](NC(=O)[C@@H](NC(=O)[C@@H](NC(=O)[C@@H](NC(=O)[C@@H](N)CO)[C@@H](C)O)[C@@H](C)O)[C@@H](C)O)C(=O)N1CCC[C@H]1C(=O)N[C@@H](CCCN=C(N)N)C(=O)O. The van der Waals surface area contributed by atoms with Gasteiger partial charge in [0.15, 0.2) is 5.96 Å². The summed E-state index contributed by atoms with van der Waals surface area (Å²) >= 11 is 0. The Morgan fingerprint density at radius 1 is 0.784 bits per heavy atom. The summed E-state index contributed by atoms with van der Waals surface area (Å²) in [7, 11) is 0. The van der Waals surface area contributed by atoms with Gasteiger partial charge in [-0.3, -0.25) is 33.8 Å². The van der Waals surface area contributed by atoms with Gasteiger partial charge in [-0.05, 0) is 53.4 Å². The number of carboxylic acid groups (broad SMARTS) is 1. The van der Waals surface area contributed by atoms with Crippen LogP contribution in [0.5, 0.6) is 0 Å². The predicted octanol–water partition coefficient (Wildman–Crippen LogP) is -6.98. The van der Waals surface area contributed by atoms with E-state index < -0.39 is 109 Å². The van der Waals surface area contributed by atoms with Gasteiger partial charge in [0.25, 0.3) is 0 Å². The van der Waals surface area contributed by atoms with Crippen molar-refractivity contribution in [3.05, 3.63) is 0 Å². The van der Waals surface area contributed by atoms with Crippen LogP contribution in [-0.4, -0.2) is 158 Å². The van der Waals surface area contributed by atoms with Crippen molar-refractivity contribution in [2.75, 3.05) is 19.7 Å². The van der Waals surface area contributed by atoms with Crippen LogP contribution in [0.25, 0.3) is 0 Å². The Balaban J connectivity index is 2.98. The number of carbonyl (C=O) groups is 7. The molecule has 290 valence electrons. The Bertz CT molecular complexity index is 1280. The van der Waals surface area contributed by atoms with E-state index >= 15 is 0 Å². The summed E-state index contributed by atoms with van der Waals surface area (Å²) in [5.41, 5.74) is 15.9. The average Bonchev–Trinajstić information content (AvgIpc) is 3.54. The molecular weight excluding hydrogens is 680 g/mol. The molecule has 1 heterocycles. The summed E-state index contributed by atoms with van der Waals surface area (Å²) in [6.45, 7) is 4.19. The number of aliphatic hydroxyl groups excluding tert-OH is 4. The van der Waals surface area contributed by atoms with Gasteiger partial charge in [-0.2, -0.15) is 0 Å². The lowest BCUT2D eigenvalue weighted by Gasteiger charge is -2.30. The molecule has 0 saturated carbocycles. The molecule has 1 rings (SSSR count). The van der Waals surface area contributed by atoms with E-state index in [-0.39, 0.29) is 38.3 Å². The molecule has 51 heavy (non-hydrogen) atoms. The van der Waals surface area contributed by atoms with Crippen molar-refractivity contribution in [3.8, 4) is 0 Å². The van der Waals surface area contributed by atoms with Crippen molar-refractivity contribution in [3.63, 3.8) is 0 Å². The zero-order valence-corrected chi connectivity index (χ0v) is 28.9. The number of aliphatic carboxylic acids is 1. The third-order valence-electron chi connectivity index (χ3n) is 7.85. The average molecular weight is 733 g/mol. The van der Waals surface area contributed by atoms with Crippen molar-refractivity contribution in [1.29, 1.82) is 0 Å². The summed E-state index contributed by atoms with van der Waals surface area (Å²) in [4.78, 5) is 94.4. The maximum Gasteiger partial charge on any atom is 0.326 e. The van der Waals surface area contributed by atoms with Gasteiger partial charge in [-0.1, -0.05) is 0 Å². The minimum absolute atomic E-state index is 0.00800. The van der Waals surface area contributed by atoms with Gasteiger partial charge in [-0.25, -0.2) is 4.79 Å². The van der Waals surface area contributed by atoms with E-state index in [1.807, 2.05) is 0 Å². The summed E-state index contributed by atoms with van der Waals surface area (Å²) < 4.78 is 0. The van der Waals surface area contributed by atoms with Crippen LogP contribution >= 0.6 is 0 Å². The Kier molecular flexibility index (Phi) is 18.2. The highest BCUT2D eigenvalue weighted by Crippen LogP contribution is 2.19. The molecule has 10 atom stereocenters. The number of nitrogens with zero attached hydrogens (tertiary/aromatic N) is 2. The van der Waals surface area contributed by atoms with E-state index in [1.165, 1.54) is 11.8 Å². The number of amides is 6. The van der Waals surface area contributed by atoms with Crippen LogP contribution in [-0.2, 0) is 33.6 Å². The molecule has 0 spiro atoms. The van der Waals surface area contributed by atoms with E-state index in [2.05, 4.69) is 31.6 Å². The fourth-order valence-corrected chi connectivity index (χ4v) is 4.99. The van der Waals surface area contributed by atoms with Crippen LogP contribution < -0.4 is 43.8 Å². The molecule has 0 aromatic rings. The van der Waals surface area contributed by atoms with Crippen LogP contribution in [0.2, 0.25) is 0 Å². The summed E-state index contributed by atoms with van der Waals surface area (Å²) in [6.07, 6.45) is -3.82. The number of rotatable bonds is 20. The standard InChI is InChI=1S/C29H52N10O12/c1-12(27(49)39-10-6-8-18(39)23(45)35-17(28(50)51)7-5-9-33-29(31)32)34-24(46)19(13(2)41)37-26(48)21(15(4)43)38-25(47)20(14(3)42)36-22(44)16(30)11-40/h12-21,40-43H,5-11,30H2,1-4H3,(H,34,46)(H,35,45)(H,36,44)(H,37,48)(H,38,47)(H,50,51)(H4,31,32,33)/t12-,13+,14+,15+,16-,17-,18-,19-,20-,21-/m0/s1. The van der Waals surface area contributed by atoms with Crippen molar-refractivity contribution < 1.29 is 59.1 Å². The number of aliphatic imine (C=N–C) groups is 1. The van der Waals surface area contributed by atoms with Crippen molar-refractivity contribution in [1.82, 2.24) is 31.5 Å². The number of hydrogen-bond acceptors (Lipinski definition) is 13. The van der Waals surface area contributed by atoms with Crippen LogP contribution in [0, 0.1) is 0 Å². The largest absolute Gasteiger partial charge is 0.480 e. The molecule has 1 aliphatic heterocycles. The maximum absolute atomic E-state index is 13.4. The first-order valence-corrected chi connectivity index (χ1v) is 16.2. The van der Waals surface area contributed by atoms with E-state index in [4.69, 9.17) is 22.3 Å². The van der Waals surface area contributed by atoms with Gasteiger partial charge >= 0.3 is 5.97 Å². The zero-order chi connectivity index (χ0) is 39.2. The minimum Gasteiger partial charge on any atom is -0.480 e. The van der Waals surface area contributed by atoms with Crippen molar-refractivity contribution in [2.45, 2.75) is 114 Å². The quantitative estimate of drug-likeness (QED) is 0.0314. The van der Waals surface area contributed by atoms with Crippen molar-refractivity contribution >= 4 is 47.4 Å². The highest BCUT2D eigenvalue weighted by Gasteiger charge is 2.39. The Labute approximate surface area is 293 Å². The van der Waals surface area contributed by atoms with Crippen LogP contribution in [0.15, 0.2) is 4.99 Å². The molecule has 16 N–H and O–H groups in total. The molecule has 0 unspecified atom stereocenters. The number of carboxylic acids is 1. The van der Waals surface area contributed by atoms with E-state index in [0.29, 0.717) is 6.42 Å². The maximum atomic E-state index is 13.4. The fraction of sp³-hybridized carbons (Fsp3) is 0.724. The molecule has 0 aliphatic carbocycles. The lowest BCUT2D eigenvalue weighted by atomic mass is 10.1. The normalized spacial score (nSPS) is 19.4. The monoisotopic (exact) mass is 732 g/mol. The summed E-state index contributed by atoms with van der Waals surface area (Å²) in [6, 6.07) is -10.2. The van der Waals surface area contributed by atoms with Gasteiger partial charge in [0.2, 0.25) is 35.4 Å². The predicted molar refractivity (Wildman–Crippen MR) is 178 cm³/mol. The number of likely N-dealkylation sites (tertiary alicyclic amines) is 1. The van der Waals surface area contributed by atoms with Crippen LogP contribution in [0.1, 0.15) is 53.4 Å². The third-order valence-corrected chi connectivity index (χ3v) is 7.85. The molecule has 6 amide bonds. The first-order chi connectivity index (χ1) is 23.7. The molecule has 1 aliphatic rings. The van der Waals surface area contributed by atoms with Gasteiger partial charge < -0.3 is 74.2 Å². The number of guanidine groups is 1. The lowest BCUT2D eigenvalue weighted by Crippen LogP contribution is -2.64. The Morgan fingerprint density at radius 3 is 1.69 bits per heavy atom. The molecule has 22 nitrogen and oxygen atoms in total. The molecule has 0 bridgehead atoms. The second kappa shape index (κ2) is 20.9. The molecule has 0 radical (unpaired) electrons. The first-order valence-electron chi connectivity index (χ1n) is 16.2. The fourth-order valence-electron chi connectivity index (χ4n) is 4.99. The minimum atomic E-state index is -1.78. The van der Waals surface area contributed by atoms with Gasteiger partial charge in [0, 0.05) is 13.1 Å². The molecular formula is C29H52N10O12. The highest BCUT2D eigenvalue weighted by atomic mass is 16.4. The number of nitrogens with two attached hydrogens (primary N) is 3. The number of aliphatic hydroxyl groups is 4. The summed E-state index contributed by atoms with van der Waals surface area (Å²) in [5.74, 6) is -7.23. The molecule has 22 heteroatoms. The number of hydrogen-bond donors (Lipinski definition) is 13. The topological polar surface area (TPSA) is 374 Å². The van der Waals surface area contributed by atoms with Crippen LogP contribution in [0.3, 0.4) is 0 Å². The molecule has 1 saturated heterocycles. The molecule has 0 aromatic heterocycles. The third kappa shape index (κ3) is 13.9. The van der Waals surface area contributed by atoms with Crippen molar-refractivity contribution in [2.24, 2.45) is 22.2 Å². The van der Waals surface area contributed by atoms with E-state index in [1.54, 1.807) is 0 Å². The smallest absolute Gasteiger partial charge is 0.326 e. The second-order valence-electron chi connectivity index (χ2n) is 12.2. The summed E-state index contributed by atoms with van der Waals surface area (Å²) in [5, 5.41) is 60.5. The lowest BCUT2D eigenvalue weighted by molar-refractivity contribution is -0.145. The highest BCUT2D eigenvalue weighted by molar-refractivity contribution is 5.97. The Morgan fingerprint density at radius 2 is 1.25 bits per heavy atom. The number of carbonyl (C=O) groups excluding carboxylic acids is 6. The molecule has 1 fully saturated rings. The van der Waals surface area contributed by atoms with Gasteiger partial charge in [0.05, 0.1) is 24.9 Å². The second-order valence-corrected chi connectivity index (χ2v) is 12.2. The zero-order valence-electron chi connectivity index (χ0n) is 28.9. The number of nitrogens with one attached hydrogen (secondary N) is 5. The Hall–Kier alpha value is -4.64. The van der Waals surface area contributed by atoms with Gasteiger partial charge in [0.1, 0.15) is 42.3 Å². The first kappa shape index (κ1) is 44.4. The van der Waals surface area contributed by atoms with Crippen LogP contribution in [0.4, 0.5) is 0 Å². The van der Waals surface area contributed by atoms with E-state index in [9.17, 15) is 54.0 Å². The van der Waals surface area contributed by atoms with E-state index in [0.717, 1.165) is 20.8 Å². The van der Waals surface area contributed by atoms with Gasteiger partial charge in [-0.15, -0.1) is 0 Å². The molecule has 0 aromatic carbocycles.